The molecular weight excluding hydrogens is 385 g/mol. The lowest BCUT2D eigenvalue weighted by Crippen LogP contribution is -2.31. The first-order chi connectivity index (χ1) is 14.7. The molecule has 1 saturated heterocycles. The number of fused-ring (bicyclic) bond motifs is 1. The number of nitrogens with zero attached hydrogens (tertiary/aromatic N) is 4. The van der Waals surface area contributed by atoms with Crippen molar-refractivity contribution in [1.29, 1.82) is 0 Å². The summed E-state index contributed by atoms with van der Waals surface area (Å²) in [7, 11) is 0. The molecule has 0 aromatic carbocycles. The minimum atomic E-state index is -0.562. The highest BCUT2D eigenvalue weighted by Crippen LogP contribution is 2.26. The van der Waals surface area contributed by atoms with Crippen LogP contribution in [0.4, 0.5) is 21.8 Å². The fourth-order valence-corrected chi connectivity index (χ4v) is 3.95. The number of pyridine rings is 1. The second-order valence-electron chi connectivity index (χ2n) is 7.55. The van der Waals surface area contributed by atoms with Gasteiger partial charge < -0.3 is 20.5 Å². The molecule has 1 fully saturated rings. The lowest BCUT2D eigenvalue weighted by Gasteiger charge is -2.28. The van der Waals surface area contributed by atoms with Crippen LogP contribution in [0.2, 0.25) is 0 Å². The summed E-state index contributed by atoms with van der Waals surface area (Å²) in [6, 6.07) is 5.52. The summed E-state index contributed by atoms with van der Waals surface area (Å²) in [5.41, 5.74) is 2.97. The molecule has 2 aliphatic heterocycles. The molecule has 154 valence electrons. The molecule has 0 saturated carbocycles. The van der Waals surface area contributed by atoms with Gasteiger partial charge in [-0.2, -0.15) is 0 Å². The molecule has 9 heteroatoms. The van der Waals surface area contributed by atoms with E-state index >= 15 is 0 Å². The first-order valence-electron chi connectivity index (χ1n) is 10.2. The Hall–Kier alpha value is -3.49. The second-order valence-corrected chi connectivity index (χ2v) is 7.55. The summed E-state index contributed by atoms with van der Waals surface area (Å²) in [6.07, 6.45) is 7.31. The molecule has 3 N–H and O–H groups in total. The Balaban J connectivity index is 1.37. The number of hydrogen-bond donors (Lipinski definition) is 3. The second kappa shape index (κ2) is 7.74. The minimum Gasteiger partial charge on any atom is -0.370 e. The Kier molecular flexibility index (Phi) is 4.78. The van der Waals surface area contributed by atoms with E-state index in [0.29, 0.717) is 30.0 Å². The highest BCUT2D eigenvalue weighted by molar-refractivity contribution is 5.97. The summed E-state index contributed by atoms with van der Waals surface area (Å²) >= 11 is 0. The van der Waals surface area contributed by atoms with Crippen LogP contribution in [-0.4, -0.2) is 45.5 Å². The Labute approximate surface area is 173 Å². The van der Waals surface area contributed by atoms with Gasteiger partial charge in [-0.1, -0.05) is 0 Å². The normalized spacial score (nSPS) is 16.2. The van der Waals surface area contributed by atoms with E-state index in [0.717, 1.165) is 30.7 Å². The van der Waals surface area contributed by atoms with E-state index in [4.69, 9.17) is 0 Å². The number of aromatic amines is 1. The zero-order chi connectivity index (χ0) is 20.5. The van der Waals surface area contributed by atoms with E-state index in [2.05, 4.69) is 35.5 Å². The number of piperidine rings is 1. The van der Waals surface area contributed by atoms with Gasteiger partial charge in [0.25, 0.3) is 5.91 Å². The van der Waals surface area contributed by atoms with Crippen molar-refractivity contribution in [3.63, 3.8) is 0 Å². The van der Waals surface area contributed by atoms with Crippen molar-refractivity contribution in [1.82, 2.24) is 25.3 Å². The zero-order valence-corrected chi connectivity index (χ0v) is 16.4. The van der Waals surface area contributed by atoms with E-state index in [1.165, 1.54) is 19.3 Å². The van der Waals surface area contributed by atoms with Crippen LogP contribution < -0.4 is 15.5 Å². The monoisotopic (exact) mass is 407 g/mol. The molecule has 0 spiro atoms. The fourth-order valence-electron chi connectivity index (χ4n) is 3.95. The first-order valence-corrected chi connectivity index (χ1v) is 10.2. The maximum atomic E-state index is 14.4. The van der Waals surface area contributed by atoms with Crippen LogP contribution in [0.15, 0.2) is 30.6 Å². The molecule has 0 radical (unpaired) electrons. The van der Waals surface area contributed by atoms with Crippen LogP contribution >= 0.6 is 0 Å². The predicted octanol–water partition coefficient (Wildman–Crippen LogP) is 3.03. The van der Waals surface area contributed by atoms with Gasteiger partial charge >= 0.3 is 0 Å². The summed E-state index contributed by atoms with van der Waals surface area (Å²) in [5, 5.41) is 5.81. The van der Waals surface area contributed by atoms with Crippen molar-refractivity contribution < 1.29 is 9.18 Å². The van der Waals surface area contributed by atoms with Gasteiger partial charge in [0.1, 0.15) is 11.5 Å². The number of halogens is 1. The lowest BCUT2D eigenvalue weighted by molar-refractivity contribution is 0.0946. The Morgan fingerprint density at radius 1 is 1.10 bits per heavy atom. The van der Waals surface area contributed by atoms with Crippen molar-refractivity contribution in [2.45, 2.75) is 25.7 Å². The molecule has 0 bridgehead atoms. The van der Waals surface area contributed by atoms with E-state index in [1.807, 2.05) is 18.3 Å². The molecule has 3 aromatic heterocycles. The number of anilines is 3. The van der Waals surface area contributed by atoms with Crippen LogP contribution in [0.3, 0.4) is 0 Å². The topological polar surface area (TPSA) is 98.8 Å². The van der Waals surface area contributed by atoms with Crippen LogP contribution in [0.25, 0.3) is 11.4 Å². The van der Waals surface area contributed by atoms with Crippen LogP contribution in [0.5, 0.6) is 0 Å². The van der Waals surface area contributed by atoms with Gasteiger partial charge in [0.2, 0.25) is 5.95 Å². The summed E-state index contributed by atoms with van der Waals surface area (Å²) in [5.74, 6) is 0.0950. The van der Waals surface area contributed by atoms with Gasteiger partial charge in [0, 0.05) is 31.7 Å². The van der Waals surface area contributed by atoms with Gasteiger partial charge in [-0.05, 0) is 37.5 Å². The number of carbonyl (C=O) groups is 1. The maximum absolute atomic E-state index is 14.4. The number of H-pyrrole nitrogens is 1. The predicted molar refractivity (Wildman–Crippen MR) is 111 cm³/mol. The summed E-state index contributed by atoms with van der Waals surface area (Å²) in [4.78, 5) is 30.2. The quantitative estimate of drug-likeness (QED) is 0.615. The number of carbonyl (C=O) groups excluding carboxylic acids is 1. The molecule has 5 heterocycles. The lowest BCUT2D eigenvalue weighted by atomic mass is 10.1. The van der Waals surface area contributed by atoms with Gasteiger partial charge in [0.05, 0.1) is 29.3 Å². The van der Waals surface area contributed by atoms with Gasteiger partial charge in [0.15, 0.2) is 5.82 Å². The zero-order valence-electron chi connectivity index (χ0n) is 16.4. The summed E-state index contributed by atoms with van der Waals surface area (Å²) in [6.45, 7) is 2.66. The van der Waals surface area contributed by atoms with E-state index in [9.17, 15) is 9.18 Å². The van der Waals surface area contributed by atoms with Crippen molar-refractivity contribution in [3.05, 3.63) is 47.7 Å². The number of amides is 1. The Bertz CT molecular complexity index is 1070. The van der Waals surface area contributed by atoms with Crippen molar-refractivity contribution >= 4 is 23.4 Å². The van der Waals surface area contributed by atoms with E-state index in [-0.39, 0.29) is 17.5 Å². The molecule has 1 amide bonds. The Morgan fingerprint density at radius 2 is 1.97 bits per heavy atom. The number of hydrogen-bond acceptors (Lipinski definition) is 6. The maximum Gasteiger partial charge on any atom is 0.253 e. The first kappa shape index (κ1) is 18.5. The van der Waals surface area contributed by atoms with Gasteiger partial charge in [-0.3, -0.25) is 4.79 Å². The fraction of sp³-hybridized carbons (Fsp3) is 0.333. The standard InChI is InChI=1S/C21H22FN7O/c22-15-12-25-21(27-18-5-4-13(11-24-18)29-8-2-1-3-9-29)28-19(15)17-10-14-16(26-17)6-7-23-20(14)30/h4-5,10-12,26H,1-3,6-9H2,(H,23,30)(H,24,25,27,28). The average molecular weight is 407 g/mol. The van der Waals surface area contributed by atoms with Crippen molar-refractivity contribution in [2.75, 3.05) is 29.9 Å². The van der Waals surface area contributed by atoms with Crippen molar-refractivity contribution in [2.24, 2.45) is 0 Å². The largest absolute Gasteiger partial charge is 0.370 e. The minimum absolute atomic E-state index is 0.111. The molecule has 0 unspecified atom stereocenters. The molecule has 8 nitrogen and oxygen atoms in total. The number of rotatable bonds is 4. The van der Waals surface area contributed by atoms with Gasteiger partial charge in [-0.25, -0.2) is 19.3 Å². The number of nitrogens with one attached hydrogen (secondary N) is 3. The smallest absolute Gasteiger partial charge is 0.253 e. The van der Waals surface area contributed by atoms with Crippen LogP contribution in [0, 0.1) is 5.82 Å². The highest BCUT2D eigenvalue weighted by atomic mass is 19.1. The van der Waals surface area contributed by atoms with E-state index in [1.54, 1.807) is 6.07 Å². The molecule has 2 aliphatic rings. The SMILES string of the molecule is O=C1NCCc2[nH]c(-c3nc(Nc4ccc(N5CCCCC5)cn4)ncc3F)cc21. The molecule has 3 aromatic rings. The highest BCUT2D eigenvalue weighted by Gasteiger charge is 2.22. The van der Waals surface area contributed by atoms with Crippen LogP contribution in [-0.2, 0) is 6.42 Å². The van der Waals surface area contributed by atoms with Crippen molar-refractivity contribution in [3.8, 4) is 11.4 Å². The Morgan fingerprint density at radius 3 is 2.73 bits per heavy atom. The third-order valence-electron chi connectivity index (χ3n) is 5.51. The number of aromatic nitrogens is 4. The molecular formula is C21H22FN7O. The molecule has 0 atom stereocenters. The van der Waals surface area contributed by atoms with Crippen LogP contribution in [0.1, 0.15) is 35.3 Å². The molecule has 5 rings (SSSR count). The molecule has 0 aliphatic carbocycles. The third kappa shape index (κ3) is 3.58. The van der Waals surface area contributed by atoms with E-state index < -0.39 is 5.82 Å². The molecule has 30 heavy (non-hydrogen) atoms. The summed E-state index contributed by atoms with van der Waals surface area (Å²) < 4.78 is 14.4. The van der Waals surface area contributed by atoms with Gasteiger partial charge in [-0.15, -0.1) is 0 Å². The third-order valence-corrected chi connectivity index (χ3v) is 5.51. The average Bonchev–Trinajstić information content (AvgIpc) is 3.22.